The van der Waals surface area contributed by atoms with Gasteiger partial charge in [0.2, 0.25) is 5.28 Å². The predicted octanol–water partition coefficient (Wildman–Crippen LogP) is 3.86. The summed E-state index contributed by atoms with van der Waals surface area (Å²) < 4.78 is 13.0. The molecule has 0 spiro atoms. The predicted molar refractivity (Wildman–Crippen MR) is 92.3 cm³/mol. The van der Waals surface area contributed by atoms with Crippen molar-refractivity contribution in [3.8, 4) is 0 Å². The van der Waals surface area contributed by atoms with E-state index in [1.807, 2.05) is 0 Å². The van der Waals surface area contributed by atoms with Crippen LogP contribution in [0, 0.1) is 11.2 Å². The number of halogens is 2. The topological polar surface area (TPSA) is 58.1 Å². The Morgan fingerprint density at radius 2 is 1.92 bits per heavy atom. The number of hydrogen-bond donors (Lipinski definition) is 1. The van der Waals surface area contributed by atoms with Crippen LogP contribution in [0.2, 0.25) is 5.28 Å². The van der Waals surface area contributed by atoms with Crippen LogP contribution in [-0.2, 0) is 0 Å². The summed E-state index contributed by atoms with van der Waals surface area (Å²) in [6, 6.07) is 7.02. The van der Waals surface area contributed by atoms with Crippen LogP contribution >= 0.6 is 11.6 Å². The van der Waals surface area contributed by atoms with Crippen molar-refractivity contribution < 1.29 is 9.18 Å². The fourth-order valence-electron chi connectivity index (χ4n) is 1.94. The van der Waals surface area contributed by atoms with Crippen LogP contribution in [0.4, 0.5) is 10.2 Å². The van der Waals surface area contributed by atoms with Crippen LogP contribution in [-0.4, -0.2) is 22.4 Å². The number of amides is 1. The lowest BCUT2D eigenvalue weighted by atomic mass is 9.92. The maximum Gasteiger partial charge on any atom is 0.269 e. The van der Waals surface area contributed by atoms with Crippen LogP contribution in [0.25, 0.3) is 0 Å². The molecule has 0 unspecified atom stereocenters. The van der Waals surface area contributed by atoms with Gasteiger partial charge in [0.25, 0.3) is 5.91 Å². The summed E-state index contributed by atoms with van der Waals surface area (Å²) in [5.41, 5.74) is 3.23. The van der Waals surface area contributed by atoms with Gasteiger partial charge in [-0.2, -0.15) is 4.98 Å². The smallest absolute Gasteiger partial charge is 0.268 e. The van der Waals surface area contributed by atoms with E-state index in [9.17, 15) is 9.18 Å². The minimum Gasteiger partial charge on any atom is -0.268 e. The molecule has 24 heavy (non-hydrogen) atoms. The molecule has 1 aromatic carbocycles. The highest BCUT2D eigenvalue weighted by atomic mass is 35.5. The van der Waals surface area contributed by atoms with Crippen LogP contribution in [0.5, 0.6) is 0 Å². The number of anilines is 1. The standard InChI is InChI=1S/C17H20ClFN4O/c1-17(2,3)9-11-23(14-8-10-20-16(18)21-14)22-15(24)12-4-6-13(19)7-5-12/h4-8,10H,9,11H2,1-3H3,(H,22,24). The highest BCUT2D eigenvalue weighted by Gasteiger charge is 2.18. The molecule has 0 aliphatic rings. The Balaban J connectivity index is 2.18. The van der Waals surface area contributed by atoms with E-state index in [-0.39, 0.29) is 16.6 Å². The van der Waals surface area contributed by atoms with E-state index in [4.69, 9.17) is 11.6 Å². The summed E-state index contributed by atoms with van der Waals surface area (Å²) in [4.78, 5) is 20.4. The van der Waals surface area contributed by atoms with Gasteiger partial charge in [0.15, 0.2) is 5.82 Å². The lowest BCUT2D eigenvalue weighted by molar-refractivity contribution is 0.0947. The van der Waals surface area contributed by atoms with Crippen LogP contribution in [0.15, 0.2) is 36.5 Å². The summed E-state index contributed by atoms with van der Waals surface area (Å²) >= 11 is 5.85. The molecule has 1 N–H and O–H groups in total. The van der Waals surface area contributed by atoms with Gasteiger partial charge in [0, 0.05) is 24.4 Å². The number of hydrazine groups is 1. The molecule has 0 aliphatic carbocycles. The number of rotatable bonds is 5. The molecular formula is C17H20ClFN4O. The van der Waals surface area contributed by atoms with Gasteiger partial charge in [-0.25, -0.2) is 9.37 Å². The van der Waals surface area contributed by atoms with Gasteiger partial charge >= 0.3 is 0 Å². The molecule has 7 heteroatoms. The third-order valence-electron chi connectivity index (χ3n) is 3.32. The van der Waals surface area contributed by atoms with Gasteiger partial charge < -0.3 is 0 Å². The number of hydrogen-bond acceptors (Lipinski definition) is 4. The zero-order valence-electron chi connectivity index (χ0n) is 13.9. The Hall–Kier alpha value is -2.21. The Morgan fingerprint density at radius 3 is 2.50 bits per heavy atom. The van der Waals surface area contributed by atoms with Crippen molar-refractivity contribution in [3.05, 3.63) is 53.2 Å². The summed E-state index contributed by atoms with van der Waals surface area (Å²) in [7, 11) is 0. The maximum absolute atomic E-state index is 13.0. The summed E-state index contributed by atoms with van der Waals surface area (Å²) in [5, 5.41) is 1.73. The molecule has 0 saturated carbocycles. The first kappa shape index (κ1) is 18.1. The van der Waals surface area contributed by atoms with Gasteiger partial charge in [0.05, 0.1) is 0 Å². The molecular weight excluding hydrogens is 331 g/mol. The minimum absolute atomic E-state index is 0.0790. The number of carbonyl (C=O) groups excluding carboxylic acids is 1. The van der Waals surface area contributed by atoms with Crippen molar-refractivity contribution in [1.29, 1.82) is 0 Å². The van der Waals surface area contributed by atoms with E-state index in [2.05, 4.69) is 36.2 Å². The van der Waals surface area contributed by atoms with E-state index in [0.29, 0.717) is 17.9 Å². The van der Waals surface area contributed by atoms with E-state index in [1.54, 1.807) is 11.1 Å². The normalized spacial score (nSPS) is 11.2. The molecule has 0 fully saturated rings. The second-order valence-electron chi connectivity index (χ2n) is 6.59. The average molecular weight is 351 g/mol. The summed E-state index contributed by atoms with van der Waals surface area (Å²) in [6.45, 7) is 6.88. The molecule has 5 nitrogen and oxygen atoms in total. The molecule has 2 rings (SSSR count). The second kappa shape index (κ2) is 7.57. The summed E-state index contributed by atoms with van der Waals surface area (Å²) in [5.74, 6) is -0.243. The fourth-order valence-corrected chi connectivity index (χ4v) is 2.08. The van der Waals surface area contributed by atoms with Gasteiger partial charge in [0.1, 0.15) is 5.82 Å². The number of nitrogens with zero attached hydrogens (tertiary/aromatic N) is 3. The minimum atomic E-state index is -0.390. The van der Waals surface area contributed by atoms with Gasteiger partial charge in [-0.05, 0) is 47.7 Å². The zero-order valence-corrected chi connectivity index (χ0v) is 14.6. The number of benzene rings is 1. The highest BCUT2D eigenvalue weighted by Crippen LogP contribution is 2.20. The number of carbonyl (C=O) groups is 1. The van der Waals surface area contributed by atoms with E-state index >= 15 is 0 Å². The molecule has 0 aliphatic heterocycles. The monoisotopic (exact) mass is 350 g/mol. The Labute approximate surface area is 145 Å². The molecule has 1 amide bonds. The first-order valence-corrected chi connectivity index (χ1v) is 7.95. The van der Waals surface area contributed by atoms with E-state index in [0.717, 1.165) is 6.42 Å². The number of nitrogens with one attached hydrogen (secondary N) is 1. The molecule has 128 valence electrons. The van der Waals surface area contributed by atoms with Gasteiger partial charge in [-0.15, -0.1) is 0 Å². The van der Waals surface area contributed by atoms with Crippen molar-refractivity contribution in [2.45, 2.75) is 27.2 Å². The second-order valence-corrected chi connectivity index (χ2v) is 6.93. The molecule has 1 aromatic heterocycles. The van der Waals surface area contributed by atoms with Crippen molar-refractivity contribution >= 4 is 23.3 Å². The Kier molecular flexibility index (Phi) is 5.72. The van der Waals surface area contributed by atoms with Crippen LogP contribution in [0.1, 0.15) is 37.6 Å². The molecule has 0 atom stereocenters. The third kappa shape index (κ3) is 5.45. The molecule has 0 saturated heterocycles. The zero-order chi connectivity index (χ0) is 17.7. The van der Waals surface area contributed by atoms with Gasteiger partial charge in [-0.1, -0.05) is 20.8 Å². The summed E-state index contributed by atoms with van der Waals surface area (Å²) in [6.07, 6.45) is 2.34. The first-order valence-electron chi connectivity index (χ1n) is 7.57. The van der Waals surface area contributed by atoms with Crippen molar-refractivity contribution in [2.75, 3.05) is 11.6 Å². The fraction of sp³-hybridized carbons (Fsp3) is 0.353. The van der Waals surface area contributed by atoms with Gasteiger partial charge in [-0.3, -0.25) is 15.2 Å². The quantitative estimate of drug-likeness (QED) is 0.657. The lowest BCUT2D eigenvalue weighted by Gasteiger charge is -2.28. The Bertz CT molecular complexity index is 700. The third-order valence-corrected chi connectivity index (χ3v) is 3.50. The van der Waals surface area contributed by atoms with Crippen molar-refractivity contribution in [3.63, 3.8) is 0 Å². The molecule has 1 heterocycles. The van der Waals surface area contributed by atoms with E-state index < -0.39 is 5.82 Å². The van der Waals surface area contributed by atoms with Crippen LogP contribution in [0.3, 0.4) is 0 Å². The lowest BCUT2D eigenvalue weighted by Crippen LogP contribution is -2.44. The Morgan fingerprint density at radius 1 is 1.25 bits per heavy atom. The van der Waals surface area contributed by atoms with Crippen LogP contribution < -0.4 is 10.4 Å². The number of aromatic nitrogens is 2. The van der Waals surface area contributed by atoms with Crippen molar-refractivity contribution in [1.82, 2.24) is 15.4 Å². The largest absolute Gasteiger partial charge is 0.269 e. The SMILES string of the molecule is CC(C)(C)CCN(NC(=O)c1ccc(F)cc1)c1ccnc(Cl)n1. The van der Waals surface area contributed by atoms with Crippen molar-refractivity contribution in [2.24, 2.45) is 5.41 Å². The molecule has 0 bridgehead atoms. The van der Waals surface area contributed by atoms with E-state index in [1.165, 1.54) is 30.5 Å². The highest BCUT2D eigenvalue weighted by molar-refractivity contribution is 6.28. The first-order chi connectivity index (χ1) is 11.2. The molecule has 2 aromatic rings. The molecule has 0 radical (unpaired) electrons. The maximum atomic E-state index is 13.0. The average Bonchev–Trinajstić information content (AvgIpc) is 2.51.